The van der Waals surface area contributed by atoms with Gasteiger partial charge in [-0.05, 0) is 17.7 Å². The molecule has 3 rings (SSSR count). The van der Waals surface area contributed by atoms with Gasteiger partial charge in [0.1, 0.15) is 10.5 Å². The van der Waals surface area contributed by atoms with Gasteiger partial charge in [0.15, 0.2) is 5.58 Å². The van der Waals surface area contributed by atoms with Gasteiger partial charge in [-0.3, -0.25) is 10.1 Å². The Morgan fingerprint density at radius 2 is 1.95 bits per heavy atom. The van der Waals surface area contributed by atoms with Crippen molar-refractivity contribution in [3.63, 3.8) is 0 Å². The van der Waals surface area contributed by atoms with Crippen molar-refractivity contribution in [2.24, 2.45) is 0 Å². The zero-order chi connectivity index (χ0) is 14.8. The molecule has 0 saturated carbocycles. The van der Waals surface area contributed by atoms with Crippen LogP contribution in [0.3, 0.4) is 0 Å². The summed E-state index contributed by atoms with van der Waals surface area (Å²) in [6, 6.07) is 12.4. The Bertz CT molecular complexity index is 841. The zero-order valence-corrected chi connectivity index (χ0v) is 11.4. The van der Waals surface area contributed by atoms with E-state index < -0.39 is 4.92 Å². The minimum Gasteiger partial charge on any atom is -0.436 e. The molecule has 0 N–H and O–H groups in total. The molecule has 2 aromatic carbocycles. The highest BCUT2D eigenvalue weighted by molar-refractivity contribution is 6.33. The van der Waals surface area contributed by atoms with Gasteiger partial charge in [0.25, 0.3) is 5.69 Å². The number of nitro groups is 1. The summed E-state index contributed by atoms with van der Waals surface area (Å²) in [6.45, 7) is 0. The van der Waals surface area contributed by atoms with Crippen LogP contribution in [0.1, 0.15) is 11.5 Å². The third-order valence-corrected chi connectivity index (χ3v) is 3.19. The molecular weight excluding hydrogens is 292 g/mol. The van der Waals surface area contributed by atoms with Crippen molar-refractivity contribution in [2.75, 3.05) is 0 Å². The van der Waals surface area contributed by atoms with Gasteiger partial charge in [-0.25, -0.2) is 4.98 Å². The van der Waals surface area contributed by atoms with Crippen LogP contribution < -0.4 is 0 Å². The van der Waals surface area contributed by atoms with Crippen LogP contribution in [0.15, 0.2) is 46.9 Å². The van der Waals surface area contributed by atoms with Gasteiger partial charge in [0, 0.05) is 6.08 Å². The van der Waals surface area contributed by atoms with Gasteiger partial charge in [0.2, 0.25) is 5.89 Å². The first kappa shape index (κ1) is 13.3. The largest absolute Gasteiger partial charge is 0.436 e. The van der Waals surface area contributed by atoms with Gasteiger partial charge in [0.05, 0.1) is 11.0 Å². The summed E-state index contributed by atoms with van der Waals surface area (Å²) in [4.78, 5) is 14.5. The Kier molecular flexibility index (Phi) is 3.41. The average molecular weight is 301 g/mol. The lowest BCUT2D eigenvalue weighted by molar-refractivity contribution is -0.384. The van der Waals surface area contributed by atoms with Crippen LogP contribution in [0.25, 0.3) is 23.3 Å². The summed E-state index contributed by atoms with van der Waals surface area (Å²) in [5, 5.41) is 10.9. The molecule has 0 saturated heterocycles. The fourth-order valence-electron chi connectivity index (χ4n) is 1.90. The highest BCUT2D eigenvalue weighted by Gasteiger charge is 2.16. The topological polar surface area (TPSA) is 69.2 Å². The minimum atomic E-state index is -0.552. The molecular formula is C15H9ClN2O3. The fraction of sp³-hybridized carbons (Fsp3) is 0. The maximum atomic E-state index is 10.8. The quantitative estimate of drug-likeness (QED) is 0.525. The average Bonchev–Trinajstić information content (AvgIpc) is 2.87. The predicted octanol–water partition coefficient (Wildman–Crippen LogP) is 4.56. The van der Waals surface area contributed by atoms with E-state index in [0.29, 0.717) is 17.0 Å². The van der Waals surface area contributed by atoms with Gasteiger partial charge in [-0.1, -0.05) is 41.9 Å². The van der Waals surface area contributed by atoms with Crippen molar-refractivity contribution < 1.29 is 9.34 Å². The molecule has 104 valence electrons. The van der Waals surface area contributed by atoms with Crippen LogP contribution in [-0.2, 0) is 0 Å². The summed E-state index contributed by atoms with van der Waals surface area (Å²) in [7, 11) is 0. The summed E-state index contributed by atoms with van der Waals surface area (Å²) in [5.74, 6) is 0.366. The van der Waals surface area contributed by atoms with E-state index >= 15 is 0 Å². The molecule has 0 amide bonds. The van der Waals surface area contributed by atoms with Gasteiger partial charge < -0.3 is 4.42 Å². The fourth-order valence-corrected chi connectivity index (χ4v) is 2.13. The van der Waals surface area contributed by atoms with E-state index in [4.69, 9.17) is 16.0 Å². The lowest BCUT2D eigenvalue weighted by Gasteiger charge is -1.93. The van der Waals surface area contributed by atoms with E-state index in [1.165, 1.54) is 12.1 Å². The molecule has 0 fully saturated rings. The molecule has 5 nitrogen and oxygen atoms in total. The monoisotopic (exact) mass is 300 g/mol. The van der Waals surface area contributed by atoms with Crippen LogP contribution in [0.4, 0.5) is 5.69 Å². The number of aromatic nitrogens is 1. The predicted molar refractivity (Wildman–Crippen MR) is 81.0 cm³/mol. The third kappa shape index (κ3) is 2.78. The molecule has 1 heterocycles. The maximum Gasteiger partial charge on any atom is 0.291 e. The van der Waals surface area contributed by atoms with Crippen LogP contribution in [0, 0.1) is 10.1 Å². The van der Waals surface area contributed by atoms with Crippen LogP contribution in [-0.4, -0.2) is 9.91 Å². The second-order valence-corrected chi connectivity index (χ2v) is 4.73. The molecule has 0 bridgehead atoms. The summed E-state index contributed by atoms with van der Waals surface area (Å²) >= 11 is 5.84. The molecule has 0 unspecified atom stereocenters. The summed E-state index contributed by atoms with van der Waals surface area (Å²) in [6.07, 6.45) is 3.55. The Morgan fingerprint density at radius 1 is 1.19 bits per heavy atom. The molecule has 0 aliphatic rings. The van der Waals surface area contributed by atoms with Crippen molar-refractivity contribution in [2.45, 2.75) is 0 Å². The van der Waals surface area contributed by atoms with E-state index in [-0.39, 0.29) is 10.7 Å². The van der Waals surface area contributed by atoms with E-state index in [1.807, 2.05) is 36.4 Å². The van der Waals surface area contributed by atoms with Crippen LogP contribution in [0.2, 0.25) is 5.02 Å². The Labute approximate surface area is 124 Å². The van der Waals surface area contributed by atoms with Crippen molar-refractivity contribution in [1.29, 1.82) is 0 Å². The number of oxazole rings is 1. The van der Waals surface area contributed by atoms with E-state index in [1.54, 1.807) is 6.08 Å². The van der Waals surface area contributed by atoms with Crippen molar-refractivity contribution in [3.8, 4) is 0 Å². The van der Waals surface area contributed by atoms with E-state index in [0.717, 1.165) is 5.56 Å². The first-order valence-electron chi connectivity index (χ1n) is 6.11. The standard InChI is InChI=1S/C15H9ClN2O3/c16-11-8-12-14(9-13(11)18(19)20)21-15(17-12)7-6-10-4-2-1-3-5-10/h1-9H. The van der Waals surface area contributed by atoms with Crippen LogP contribution in [0.5, 0.6) is 0 Å². The Morgan fingerprint density at radius 3 is 2.67 bits per heavy atom. The lowest BCUT2D eigenvalue weighted by Crippen LogP contribution is -1.88. The number of rotatable bonds is 3. The second kappa shape index (κ2) is 5.38. The SMILES string of the molecule is O=[N+]([O-])c1cc2oc(C=Cc3ccccc3)nc2cc1Cl. The number of nitrogens with zero attached hydrogens (tertiary/aromatic N) is 2. The number of hydrogen-bond donors (Lipinski definition) is 0. The molecule has 3 aromatic rings. The number of nitro benzene ring substituents is 1. The highest BCUT2D eigenvalue weighted by Crippen LogP contribution is 2.30. The summed E-state index contributed by atoms with van der Waals surface area (Å²) in [5.41, 5.74) is 1.62. The third-order valence-electron chi connectivity index (χ3n) is 2.89. The first-order chi connectivity index (χ1) is 10.1. The molecule has 6 heteroatoms. The Hall–Kier alpha value is -2.66. The highest BCUT2D eigenvalue weighted by atomic mass is 35.5. The number of hydrogen-bond acceptors (Lipinski definition) is 4. The first-order valence-corrected chi connectivity index (χ1v) is 6.49. The normalized spacial score (nSPS) is 11.3. The van der Waals surface area contributed by atoms with E-state index in [2.05, 4.69) is 4.98 Å². The molecule has 0 spiro atoms. The lowest BCUT2D eigenvalue weighted by atomic mass is 10.2. The van der Waals surface area contributed by atoms with Crippen molar-refractivity contribution in [1.82, 2.24) is 4.98 Å². The molecule has 21 heavy (non-hydrogen) atoms. The smallest absolute Gasteiger partial charge is 0.291 e. The van der Waals surface area contributed by atoms with Gasteiger partial charge >= 0.3 is 0 Å². The minimum absolute atomic E-state index is 0.0411. The number of fused-ring (bicyclic) bond motifs is 1. The number of benzene rings is 2. The van der Waals surface area contributed by atoms with Crippen LogP contribution >= 0.6 is 11.6 Å². The molecule has 0 radical (unpaired) electrons. The maximum absolute atomic E-state index is 10.8. The van der Waals surface area contributed by atoms with E-state index in [9.17, 15) is 10.1 Å². The number of halogens is 1. The van der Waals surface area contributed by atoms with Crippen molar-refractivity contribution >= 4 is 40.5 Å². The molecule has 0 aliphatic carbocycles. The second-order valence-electron chi connectivity index (χ2n) is 4.32. The molecule has 1 aromatic heterocycles. The van der Waals surface area contributed by atoms with Crippen molar-refractivity contribution in [3.05, 3.63) is 69.1 Å². The van der Waals surface area contributed by atoms with Gasteiger partial charge in [-0.2, -0.15) is 0 Å². The Balaban J connectivity index is 1.98. The molecule has 0 atom stereocenters. The molecule has 0 aliphatic heterocycles. The zero-order valence-electron chi connectivity index (χ0n) is 10.7. The van der Waals surface area contributed by atoms with Gasteiger partial charge in [-0.15, -0.1) is 0 Å². The summed E-state index contributed by atoms with van der Waals surface area (Å²) < 4.78 is 5.47.